The van der Waals surface area contributed by atoms with Crippen LogP contribution in [0.2, 0.25) is 0 Å². The van der Waals surface area contributed by atoms with Gasteiger partial charge in [-0.25, -0.2) is 9.97 Å². The molecule has 3 aromatic rings. The van der Waals surface area contributed by atoms with Crippen LogP contribution in [0, 0.1) is 0 Å². The molecule has 18 heavy (non-hydrogen) atoms. The first kappa shape index (κ1) is 10.8. The van der Waals surface area contributed by atoms with Gasteiger partial charge in [-0.2, -0.15) is 0 Å². The Morgan fingerprint density at radius 2 is 2.28 bits per heavy atom. The minimum Gasteiger partial charge on any atom is -0.329 e. The summed E-state index contributed by atoms with van der Waals surface area (Å²) in [6, 6.07) is 3.86. The maximum absolute atomic E-state index is 5.48. The van der Waals surface area contributed by atoms with Crippen molar-refractivity contribution in [1.29, 1.82) is 0 Å². The Bertz CT molecular complexity index is 682. The summed E-state index contributed by atoms with van der Waals surface area (Å²) >= 11 is 0. The van der Waals surface area contributed by atoms with Crippen LogP contribution in [-0.2, 0) is 13.6 Å². The van der Waals surface area contributed by atoms with E-state index < -0.39 is 0 Å². The fraction of sp³-hybridized carbons (Fsp3) is 0.273. The Morgan fingerprint density at radius 1 is 1.39 bits per heavy atom. The van der Waals surface area contributed by atoms with E-state index in [1.165, 1.54) is 0 Å². The molecule has 0 bridgehead atoms. The van der Waals surface area contributed by atoms with E-state index in [0.717, 1.165) is 17.0 Å². The van der Waals surface area contributed by atoms with Crippen molar-refractivity contribution in [1.82, 2.24) is 29.5 Å². The molecule has 2 N–H and O–H groups in total. The van der Waals surface area contributed by atoms with E-state index >= 15 is 0 Å². The van der Waals surface area contributed by atoms with Crippen molar-refractivity contribution in [3.63, 3.8) is 0 Å². The fourth-order valence-corrected chi connectivity index (χ4v) is 1.90. The largest absolute Gasteiger partial charge is 0.329 e. The van der Waals surface area contributed by atoms with E-state index in [1.807, 2.05) is 29.9 Å². The summed E-state index contributed by atoms with van der Waals surface area (Å²) in [7, 11) is 1.94. The molecule has 3 aromatic heterocycles. The lowest BCUT2D eigenvalue weighted by Gasteiger charge is -1.97. The third kappa shape index (κ3) is 1.65. The van der Waals surface area contributed by atoms with E-state index in [2.05, 4.69) is 20.3 Å². The molecule has 7 nitrogen and oxygen atoms in total. The number of imidazole rings is 1. The summed E-state index contributed by atoms with van der Waals surface area (Å²) < 4.78 is 3.67. The number of nitrogens with zero attached hydrogens (tertiary/aromatic N) is 6. The summed E-state index contributed by atoms with van der Waals surface area (Å²) in [4.78, 5) is 8.69. The van der Waals surface area contributed by atoms with E-state index in [0.29, 0.717) is 18.7 Å². The van der Waals surface area contributed by atoms with Gasteiger partial charge in [-0.05, 0) is 12.1 Å². The van der Waals surface area contributed by atoms with Crippen molar-refractivity contribution >= 4 is 11.2 Å². The highest BCUT2D eigenvalue weighted by atomic mass is 15.4. The van der Waals surface area contributed by atoms with Gasteiger partial charge < -0.3 is 10.3 Å². The fourth-order valence-electron chi connectivity index (χ4n) is 1.90. The highest BCUT2D eigenvalue weighted by Crippen LogP contribution is 2.19. The zero-order valence-electron chi connectivity index (χ0n) is 9.98. The molecule has 92 valence electrons. The molecule has 0 radical (unpaired) electrons. The second-order valence-electron chi connectivity index (χ2n) is 4.00. The molecule has 3 rings (SSSR count). The molecule has 7 heteroatoms. The van der Waals surface area contributed by atoms with E-state index in [4.69, 9.17) is 5.73 Å². The van der Waals surface area contributed by atoms with Gasteiger partial charge in [0.25, 0.3) is 0 Å². The highest BCUT2D eigenvalue weighted by Gasteiger charge is 2.13. The van der Waals surface area contributed by atoms with Crippen LogP contribution in [0.25, 0.3) is 22.7 Å². The summed E-state index contributed by atoms with van der Waals surface area (Å²) in [5.41, 5.74) is 7.89. The van der Waals surface area contributed by atoms with Crippen LogP contribution in [0.4, 0.5) is 0 Å². The SMILES string of the molecule is Cn1c(-c2cn(CCN)nn2)nc2ncccc21. The normalized spacial score (nSPS) is 11.2. The molecular weight excluding hydrogens is 230 g/mol. The van der Waals surface area contributed by atoms with E-state index in [9.17, 15) is 0 Å². The van der Waals surface area contributed by atoms with Crippen molar-refractivity contribution in [3.8, 4) is 11.5 Å². The lowest BCUT2D eigenvalue weighted by molar-refractivity contribution is 0.598. The van der Waals surface area contributed by atoms with Gasteiger partial charge in [-0.1, -0.05) is 5.21 Å². The van der Waals surface area contributed by atoms with Crippen molar-refractivity contribution in [2.24, 2.45) is 12.8 Å². The van der Waals surface area contributed by atoms with Crippen LogP contribution < -0.4 is 5.73 Å². The third-order valence-electron chi connectivity index (χ3n) is 2.78. The third-order valence-corrected chi connectivity index (χ3v) is 2.78. The maximum Gasteiger partial charge on any atom is 0.178 e. The van der Waals surface area contributed by atoms with Crippen LogP contribution in [0.1, 0.15) is 0 Å². The molecule has 0 aliphatic rings. The van der Waals surface area contributed by atoms with E-state index in [-0.39, 0.29) is 0 Å². The Balaban J connectivity index is 2.10. The lowest BCUT2D eigenvalue weighted by Crippen LogP contribution is -2.10. The van der Waals surface area contributed by atoms with Crippen molar-refractivity contribution in [2.45, 2.75) is 6.54 Å². The summed E-state index contributed by atoms with van der Waals surface area (Å²) in [5, 5.41) is 8.11. The van der Waals surface area contributed by atoms with Gasteiger partial charge in [0.1, 0.15) is 5.69 Å². The number of pyridine rings is 1. The number of aromatic nitrogens is 6. The Hall–Kier alpha value is -2.28. The molecule has 0 atom stereocenters. The minimum absolute atomic E-state index is 0.535. The molecule has 0 saturated carbocycles. The van der Waals surface area contributed by atoms with Crippen LogP contribution in [-0.4, -0.2) is 36.1 Å². The van der Waals surface area contributed by atoms with Crippen molar-refractivity contribution < 1.29 is 0 Å². The Kier molecular flexibility index (Phi) is 2.52. The van der Waals surface area contributed by atoms with Crippen LogP contribution in [0.5, 0.6) is 0 Å². The standard InChI is InChI=1S/C11H13N7/c1-17-9-3-2-5-13-10(9)14-11(17)8-7-18(6-4-12)16-15-8/h2-3,5,7H,4,6,12H2,1H3. The highest BCUT2D eigenvalue weighted by molar-refractivity contribution is 5.75. The van der Waals surface area contributed by atoms with Crippen LogP contribution in [0.3, 0.4) is 0 Å². The first-order valence-electron chi connectivity index (χ1n) is 5.67. The molecule has 0 aliphatic carbocycles. The topological polar surface area (TPSA) is 87.4 Å². The quantitative estimate of drug-likeness (QED) is 0.709. The van der Waals surface area contributed by atoms with Gasteiger partial charge >= 0.3 is 0 Å². The molecule has 0 saturated heterocycles. The summed E-state index contributed by atoms with van der Waals surface area (Å²) in [6.07, 6.45) is 3.57. The Morgan fingerprint density at radius 3 is 3.06 bits per heavy atom. The minimum atomic E-state index is 0.535. The van der Waals surface area contributed by atoms with Crippen molar-refractivity contribution in [3.05, 3.63) is 24.5 Å². The number of nitrogens with two attached hydrogens (primary N) is 1. The smallest absolute Gasteiger partial charge is 0.178 e. The molecule has 0 aliphatic heterocycles. The first-order valence-corrected chi connectivity index (χ1v) is 5.67. The number of hydrogen-bond donors (Lipinski definition) is 1. The second kappa shape index (κ2) is 4.19. The van der Waals surface area contributed by atoms with Gasteiger partial charge in [0.05, 0.1) is 18.3 Å². The van der Waals surface area contributed by atoms with Gasteiger partial charge in [-0.3, -0.25) is 4.68 Å². The lowest BCUT2D eigenvalue weighted by atomic mass is 10.4. The molecule has 0 amide bonds. The predicted molar refractivity (Wildman–Crippen MR) is 66.6 cm³/mol. The molecule has 3 heterocycles. The van der Waals surface area contributed by atoms with Gasteiger partial charge in [0.15, 0.2) is 11.5 Å². The van der Waals surface area contributed by atoms with Gasteiger partial charge in [0, 0.05) is 19.8 Å². The molecular formula is C11H13N7. The number of rotatable bonds is 3. The number of hydrogen-bond acceptors (Lipinski definition) is 5. The molecule has 0 unspecified atom stereocenters. The van der Waals surface area contributed by atoms with Crippen LogP contribution in [0.15, 0.2) is 24.5 Å². The van der Waals surface area contributed by atoms with Crippen molar-refractivity contribution in [2.75, 3.05) is 6.54 Å². The molecule has 0 fully saturated rings. The first-order chi connectivity index (χ1) is 8.79. The monoisotopic (exact) mass is 243 g/mol. The average Bonchev–Trinajstić information content (AvgIpc) is 2.96. The van der Waals surface area contributed by atoms with Crippen LogP contribution >= 0.6 is 0 Å². The number of aryl methyl sites for hydroxylation is 1. The number of fused-ring (bicyclic) bond motifs is 1. The molecule has 0 spiro atoms. The van der Waals surface area contributed by atoms with Gasteiger partial charge in [-0.15, -0.1) is 5.10 Å². The van der Waals surface area contributed by atoms with Gasteiger partial charge in [0.2, 0.25) is 0 Å². The second-order valence-corrected chi connectivity index (χ2v) is 4.00. The maximum atomic E-state index is 5.48. The summed E-state index contributed by atoms with van der Waals surface area (Å²) in [5.74, 6) is 0.756. The summed E-state index contributed by atoms with van der Waals surface area (Å²) in [6.45, 7) is 1.18. The predicted octanol–water partition coefficient (Wildman–Crippen LogP) is 0.185. The molecule has 0 aromatic carbocycles. The van der Waals surface area contributed by atoms with E-state index in [1.54, 1.807) is 10.9 Å². The zero-order chi connectivity index (χ0) is 12.5. The Labute approximate surface area is 103 Å². The zero-order valence-corrected chi connectivity index (χ0v) is 9.98. The average molecular weight is 243 g/mol.